The Kier molecular flexibility index (Phi) is 4.32. The lowest BCUT2D eigenvalue weighted by molar-refractivity contribution is -0.385. The number of alkyl halides is 3. The lowest BCUT2D eigenvalue weighted by atomic mass is 10.1. The summed E-state index contributed by atoms with van der Waals surface area (Å²) in [6, 6.07) is 2.02. The van der Waals surface area contributed by atoms with Gasteiger partial charge in [0.2, 0.25) is 11.8 Å². The molecule has 1 heterocycles. The molecular formula is C12H8F3N3O4S. The van der Waals surface area contributed by atoms with E-state index in [1.807, 2.05) is 0 Å². The topological polar surface area (TPSA) is 92.6 Å². The van der Waals surface area contributed by atoms with Crippen LogP contribution in [-0.4, -0.2) is 26.8 Å². The number of benzene rings is 1. The normalized spacial score (nSPS) is 15.0. The van der Waals surface area contributed by atoms with Crippen molar-refractivity contribution in [2.75, 3.05) is 5.32 Å². The van der Waals surface area contributed by atoms with Crippen LogP contribution in [0, 0.1) is 10.1 Å². The van der Waals surface area contributed by atoms with E-state index in [1.165, 1.54) is 0 Å². The summed E-state index contributed by atoms with van der Waals surface area (Å²) in [4.78, 5) is 33.2. The molecule has 1 aliphatic heterocycles. The van der Waals surface area contributed by atoms with E-state index in [9.17, 15) is 32.9 Å². The molecule has 1 aromatic rings. The van der Waals surface area contributed by atoms with Crippen molar-refractivity contribution in [2.24, 2.45) is 0 Å². The first kappa shape index (κ1) is 16.8. The van der Waals surface area contributed by atoms with Crippen LogP contribution in [0.3, 0.4) is 0 Å². The Balaban J connectivity index is 2.36. The van der Waals surface area contributed by atoms with Gasteiger partial charge < -0.3 is 5.32 Å². The second-order valence-electron chi connectivity index (χ2n) is 4.54. The molecule has 11 heteroatoms. The molecule has 0 radical (unpaired) electrons. The SMILES string of the molecule is O=C1CCC(=O)N1C(=S)Nc1ccc([N+](=O)[O-])cc1C(F)(F)F. The molecule has 1 aliphatic rings. The number of nitrogens with one attached hydrogen (secondary N) is 1. The summed E-state index contributed by atoms with van der Waals surface area (Å²) in [5.74, 6) is -1.24. The predicted molar refractivity (Wildman–Crippen MR) is 75.4 cm³/mol. The van der Waals surface area contributed by atoms with Crippen LogP contribution in [0.25, 0.3) is 0 Å². The number of hydrogen-bond donors (Lipinski definition) is 1. The van der Waals surface area contributed by atoms with Gasteiger partial charge in [0.1, 0.15) is 0 Å². The zero-order chi connectivity index (χ0) is 17.4. The van der Waals surface area contributed by atoms with Gasteiger partial charge in [0.05, 0.1) is 16.2 Å². The summed E-state index contributed by atoms with van der Waals surface area (Å²) in [6.45, 7) is 0. The Labute approximate surface area is 132 Å². The van der Waals surface area contributed by atoms with Gasteiger partial charge in [-0.3, -0.25) is 19.7 Å². The van der Waals surface area contributed by atoms with Crippen LogP contribution in [0.1, 0.15) is 18.4 Å². The van der Waals surface area contributed by atoms with Crippen LogP contribution in [0.4, 0.5) is 24.5 Å². The summed E-state index contributed by atoms with van der Waals surface area (Å²) in [5, 5.41) is 12.3. The van der Waals surface area contributed by atoms with Crippen LogP contribution < -0.4 is 5.32 Å². The highest BCUT2D eigenvalue weighted by Crippen LogP contribution is 2.37. The van der Waals surface area contributed by atoms with Gasteiger partial charge in [0.15, 0.2) is 5.11 Å². The standard InChI is InChI=1S/C12H8F3N3O4S/c13-12(14,15)7-5-6(18(21)22)1-2-8(7)16-11(23)17-9(19)3-4-10(17)20/h1-2,5H,3-4H2,(H,16,23). The third kappa shape index (κ3) is 3.44. The van der Waals surface area contributed by atoms with E-state index in [-0.39, 0.29) is 12.8 Å². The first-order chi connectivity index (χ1) is 10.6. The van der Waals surface area contributed by atoms with Crippen molar-refractivity contribution in [1.82, 2.24) is 4.90 Å². The van der Waals surface area contributed by atoms with E-state index < -0.39 is 45.0 Å². The van der Waals surface area contributed by atoms with Crippen LogP contribution in [0.15, 0.2) is 18.2 Å². The maximum absolute atomic E-state index is 13.0. The Morgan fingerprint density at radius 3 is 2.30 bits per heavy atom. The number of likely N-dealkylation sites (tertiary alicyclic amines) is 1. The fourth-order valence-electron chi connectivity index (χ4n) is 1.96. The zero-order valence-corrected chi connectivity index (χ0v) is 12.0. The largest absolute Gasteiger partial charge is 0.418 e. The van der Waals surface area contributed by atoms with Crippen LogP contribution >= 0.6 is 12.2 Å². The maximum atomic E-state index is 13.0. The number of nitro groups is 1. The molecule has 0 unspecified atom stereocenters. The number of non-ortho nitro benzene ring substituents is 1. The quantitative estimate of drug-likeness (QED) is 0.382. The molecule has 1 saturated heterocycles. The molecule has 0 bridgehead atoms. The molecule has 0 saturated carbocycles. The fraction of sp³-hybridized carbons (Fsp3) is 0.250. The van der Waals surface area contributed by atoms with E-state index in [4.69, 9.17) is 12.2 Å². The summed E-state index contributed by atoms with van der Waals surface area (Å²) in [6.07, 6.45) is -5.04. The number of carbonyl (C=O) groups is 2. The summed E-state index contributed by atoms with van der Waals surface area (Å²) >= 11 is 4.79. The second-order valence-corrected chi connectivity index (χ2v) is 4.92. The first-order valence-corrected chi connectivity index (χ1v) is 6.54. The maximum Gasteiger partial charge on any atom is 0.418 e. The summed E-state index contributed by atoms with van der Waals surface area (Å²) < 4.78 is 39.1. The number of imide groups is 1. The number of anilines is 1. The zero-order valence-electron chi connectivity index (χ0n) is 11.2. The molecule has 122 valence electrons. The molecule has 0 aliphatic carbocycles. The molecule has 1 aromatic carbocycles. The molecule has 2 rings (SSSR count). The third-order valence-electron chi connectivity index (χ3n) is 3.02. The van der Waals surface area contributed by atoms with Gasteiger partial charge in [-0.05, 0) is 18.3 Å². The third-order valence-corrected chi connectivity index (χ3v) is 3.30. The fourth-order valence-corrected chi connectivity index (χ4v) is 2.28. The lowest BCUT2D eigenvalue weighted by Crippen LogP contribution is -2.39. The van der Waals surface area contributed by atoms with E-state index in [2.05, 4.69) is 5.32 Å². The molecule has 1 fully saturated rings. The molecule has 0 aromatic heterocycles. The second kappa shape index (κ2) is 5.91. The summed E-state index contributed by atoms with van der Waals surface area (Å²) in [5.41, 5.74) is -2.66. The number of halogens is 3. The number of nitrogens with zero attached hydrogens (tertiary/aromatic N) is 2. The molecule has 0 atom stereocenters. The highest BCUT2D eigenvalue weighted by molar-refractivity contribution is 7.80. The van der Waals surface area contributed by atoms with Gasteiger partial charge in [-0.15, -0.1) is 0 Å². The van der Waals surface area contributed by atoms with Gasteiger partial charge >= 0.3 is 6.18 Å². The van der Waals surface area contributed by atoms with Crippen molar-refractivity contribution < 1.29 is 27.7 Å². The number of rotatable bonds is 2. The Morgan fingerprint density at radius 2 is 1.83 bits per heavy atom. The molecule has 1 N–H and O–H groups in total. The average molecular weight is 347 g/mol. The van der Waals surface area contributed by atoms with Crippen molar-refractivity contribution >= 4 is 40.5 Å². The minimum Gasteiger partial charge on any atom is -0.331 e. The minimum atomic E-state index is -4.89. The molecular weight excluding hydrogens is 339 g/mol. The number of carbonyl (C=O) groups excluding carboxylic acids is 2. The minimum absolute atomic E-state index is 0.0763. The van der Waals surface area contributed by atoms with Gasteiger partial charge in [-0.1, -0.05) is 0 Å². The Morgan fingerprint density at radius 1 is 1.26 bits per heavy atom. The van der Waals surface area contributed by atoms with Crippen molar-refractivity contribution in [2.45, 2.75) is 19.0 Å². The van der Waals surface area contributed by atoms with Crippen LogP contribution in [0.5, 0.6) is 0 Å². The van der Waals surface area contributed by atoms with Crippen molar-refractivity contribution in [3.63, 3.8) is 0 Å². The number of thiocarbonyl (C=S) groups is 1. The van der Waals surface area contributed by atoms with Crippen LogP contribution in [-0.2, 0) is 15.8 Å². The number of amides is 2. The highest BCUT2D eigenvalue weighted by Gasteiger charge is 2.37. The Hall–Kier alpha value is -2.56. The van der Waals surface area contributed by atoms with Gasteiger partial charge in [-0.2, -0.15) is 13.2 Å². The van der Waals surface area contributed by atoms with Crippen LogP contribution in [0.2, 0.25) is 0 Å². The average Bonchev–Trinajstić information content (AvgIpc) is 2.77. The van der Waals surface area contributed by atoms with Crippen molar-refractivity contribution in [1.29, 1.82) is 0 Å². The van der Waals surface area contributed by atoms with E-state index >= 15 is 0 Å². The van der Waals surface area contributed by atoms with E-state index in [0.29, 0.717) is 11.0 Å². The van der Waals surface area contributed by atoms with Gasteiger partial charge in [0.25, 0.3) is 5.69 Å². The predicted octanol–water partition coefficient (Wildman–Crippen LogP) is 2.46. The number of hydrogen-bond acceptors (Lipinski definition) is 5. The molecule has 7 nitrogen and oxygen atoms in total. The van der Waals surface area contributed by atoms with Crippen molar-refractivity contribution in [3.8, 4) is 0 Å². The molecule has 0 spiro atoms. The monoisotopic (exact) mass is 347 g/mol. The van der Waals surface area contributed by atoms with Crippen molar-refractivity contribution in [3.05, 3.63) is 33.9 Å². The van der Waals surface area contributed by atoms with E-state index in [1.54, 1.807) is 0 Å². The number of nitro benzene ring substituents is 1. The van der Waals surface area contributed by atoms with Gasteiger partial charge in [-0.25, -0.2) is 4.90 Å². The summed E-state index contributed by atoms with van der Waals surface area (Å²) in [7, 11) is 0. The smallest absolute Gasteiger partial charge is 0.331 e. The molecule has 23 heavy (non-hydrogen) atoms. The molecule has 2 amide bonds. The lowest BCUT2D eigenvalue weighted by Gasteiger charge is -2.19. The first-order valence-electron chi connectivity index (χ1n) is 6.13. The highest BCUT2D eigenvalue weighted by atomic mass is 32.1. The van der Waals surface area contributed by atoms with E-state index in [0.717, 1.165) is 12.1 Å². The Bertz CT molecular complexity index is 704. The van der Waals surface area contributed by atoms with Gasteiger partial charge in [0, 0.05) is 25.0 Å².